The lowest BCUT2D eigenvalue weighted by Crippen LogP contribution is -2.48. The maximum atomic E-state index is 7.40. The number of nitrogens with one attached hydrogen (secondary N) is 1. The third-order valence-corrected chi connectivity index (χ3v) is 4.54. The molecule has 1 aromatic rings. The molecule has 4 nitrogen and oxygen atoms in total. The van der Waals surface area contributed by atoms with Crippen molar-refractivity contribution in [2.45, 2.75) is 43.8 Å². The zero-order chi connectivity index (χ0) is 14.2. The molecule has 5 heteroatoms. The molecule has 3 rings (SSSR count). The maximum absolute atomic E-state index is 7.40. The summed E-state index contributed by atoms with van der Waals surface area (Å²) in [5.74, 6) is 0.677. The van der Waals surface area contributed by atoms with Gasteiger partial charge in [0.2, 0.25) is 0 Å². The lowest BCUT2D eigenvalue weighted by atomic mass is 9.74. The Balaban J connectivity index is 1.69. The van der Waals surface area contributed by atoms with Crippen LogP contribution in [0, 0.1) is 5.41 Å². The quantitative estimate of drug-likeness (QED) is 0.665. The van der Waals surface area contributed by atoms with Crippen LogP contribution in [0.3, 0.4) is 0 Å². The Morgan fingerprint density at radius 1 is 1.45 bits per heavy atom. The van der Waals surface area contributed by atoms with Crippen LogP contribution in [0.4, 0.5) is 0 Å². The van der Waals surface area contributed by atoms with E-state index in [4.69, 9.17) is 32.2 Å². The van der Waals surface area contributed by atoms with E-state index in [1.807, 2.05) is 0 Å². The summed E-state index contributed by atoms with van der Waals surface area (Å²) in [6, 6.07) is 5.24. The summed E-state index contributed by atoms with van der Waals surface area (Å²) in [5, 5.41) is 7.91. The largest absolute Gasteiger partial charge is 0.489 e. The summed E-state index contributed by atoms with van der Waals surface area (Å²) in [4.78, 5) is 0. The number of nitrogens with two attached hydrogens (primary N) is 1. The van der Waals surface area contributed by atoms with Gasteiger partial charge in [-0.15, -0.1) is 0 Å². The molecule has 108 valence electrons. The second-order valence-corrected chi connectivity index (χ2v) is 6.08. The molecule has 3 N–H and O–H groups in total. The molecule has 0 amide bonds. The Hall–Kier alpha value is -1.26. The fourth-order valence-corrected chi connectivity index (χ4v) is 3.17. The van der Waals surface area contributed by atoms with E-state index >= 15 is 0 Å². The predicted molar refractivity (Wildman–Crippen MR) is 78.7 cm³/mol. The van der Waals surface area contributed by atoms with E-state index in [1.165, 1.54) is 6.42 Å². The van der Waals surface area contributed by atoms with Gasteiger partial charge in [0.1, 0.15) is 17.7 Å². The summed E-state index contributed by atoms with van der Waals surface area (Å²) in [6.45, 7) is 0.758. The lowest BCUT2D eigenvalue weighted by Gasteiger charge is -2.46. The lowest BCUT2D eigenvalue weighted by molar-refractivity contribution is -0.153. The van der Waals surface area contributed by atoms with Crippen LogP contribution in [-0.2, 0) is 4.74 Å². The molecule has 1 saturated carbocycles. The standard InChI is InChI=1S/C15H19ClN2O2/c16-12-8-10(14(17)18)2-3-13(12)20-11-4-7-19-15(9-11)5-1-6-15/h2-3,8,11H,1,4-7,9H2,(H3,17,18). The first-order valence-electron chi connectivity index (χ1n) is 7.03. The molecule has 1 unspecified atom stereocenters. The molecular formula is C15H19ClN2O2. The van der Waals surface area contributed by atoms with E-state index in [1.54, 1.807) is 18.2 Å². The smallest absolute Gasteiger partial charge is 0.138 e. The highest BCUT2D eigenvalue weighted by molar-refractivity contribution is 6.32. The van der Waals surface area contributed by atoms with Gasteiger partial charge in [0, 0.05) is 18.4 Å². The van der Waals surface area contributed by atoms with Gasteiger partial charge in [-0.2, -0.15) is 0 Å². The number of halogens is 1. The monoisotopic (exact) mass is 294 g/mol. The second-order valence-electron chi connectivity index (χ2n) is 5.68. The van der Waals surface area contributed by atoms with Crippen molar-refractivity contribution >= 4 is 17.4 Å². The van der Waals surface area contributed by atoms with Crippen LogP contribution in [0.1, 0.15) is 37.7 Å². The van der Waals surface area contributed by atoms with Crippen LogP contribution in [0.5, 0.6) is 5.75 Å². The molecule has 1 aliphatic carbocycles. The summed E-state index contributed by atoms with van der Waals surface area (Å²) < 4.78 is 11.9. The van der Waals surface area contributed by atoms with Crippen molar-refractivity contribution < 1.29 is 9.47 Å². The number of hydrogen-bond acceptors (Lipinski definition) is 3. The summed E-state index contributed by atoms with van der Waals surface area (Å²) in [5.41, 5.74) is 6.13. The number of nitrogen functional groups attached to an aromatic ring is 1. The highest BCUT2D eigenvalue weighted by Crippen LogP contribution is 2.43. The van der Waals surface area contributed by atoms with Crippen molar-refractivity contribution in [3.8, 4) is 5.75 Å². The Labute approximate surface area is 123 Å². The van der Waals surface area contributed by atoms with Crippen molar-refractivity contribution in [2.24, 2.45) is 5.73 Å². The van der Waals surface area contributed by atoms with Crippen LogP contribution >= 0.6 is 11.6 Å². The van der Waals surface area contributed by atoms with Gasteiger partial charge in [0.15, 0.2) is 0 Å². The number of ether oxygens (including phenoxy) is 2. The van der Waals surface area contributed by atoms with Crippen molar-refractivity contribution in [1.82, 2.24) is 0 Å². The van der Waals surface area contributed by atoms with Crippen molar-refractivity contribution in [3.05, 3.63) is 28.8 Å². The first-order chi connectivity index (χ1) is 9.58. The van der Waals surface area contributed by atoms with E-state index in [0.29, 0.717) is 16.3 Å². The summed E-state index contributed by atoms with van der Waals surface area (Å²) in [7, 11) is 0. The average molecular weight is 295 g/mol. The molecule has 2 fully saturated rings. The van der Waals surface area contributed by atoms with Crippen LogP contribution in [0.2, 0.25) is 5.02 Å². The molecule has 20 heavy (non-hydrogen) atoms. The Morgan fingerprint density at radius 2 is 2.25 bits per heavy atom. The first kappa shape index (κ1) is 13.7. The fraction of sp³-hybridized carbons (Fsp3) is 0.533. The minimum Gasteiger partial charge on any atom is -0.489 e. The van der Waals surface area contributed by atoms with E-state index in [-0.39, 0.29) is 17.5 Å². The molecule has 0 bridgehead atoms. The van der Waals surface area contributed by atoms with Gasteiger partial charge < -0.3 is 15.2 Å². The van der Waals surface area contributed by atoms with Crippen molar-refractivity contribution in [2.75, 3.05) is 6.61 Å². The molecule has 1 saturated heterocycles. The average Bonchev–Trinajstić information content (AvgIpc) is 2.39. The Morgan fingerprint density at radius 3 is 2.85 bits per heavy atom. The van der Waals surface area contributed by atoms with Gasteiger partial charge in [-0.25, -0.2) is 0 Å². The zero-order valence-corrected chi connectivity index (χ0v) is 12.1. The Kier molecular flexibility index (Phi) is 3.61. The molecule has 0 aromatic heterocycles. The SMILES string of the molecule is N=C(N)c1ccc(OC2CCOC3(CCC3)C2)c(Cl)c1. The van der Waals surface area contributed by atoms with Crippen LogP contribution in [0.15, 0.2) is 18.2 Å². The number of benzene rings is 1. The third-order valence-electron chi connectivity index (χ3n) is 4.25. The van der Waals surface area contributed by atoms with Crippen LogP contribution in [0.25, 0.3) is 0 Å². The van der Waals surface area contributed by atoms with Crippen molar-refractivity contribution in [1.29, 1.82) is 5.41 Å². The van der Waals surface area contributed by atoms with Gasteiger partial charge in [-0.05, 0) is 37.5 Å². The highest BCUT2D eigenvalue weighted by Gasteiger charge is 2.43. The molecule has 1 aliphatic heterocycles. The minimum absolute atomic E-state index is 0.0120. The molecule has 1 aromatic carbocycles. The third kappa shape index (κ3) is 2.63. The van der Waals surface area contributed by atoms with Gasteiger partial charge in [-0.3, -0.25) is 5.41 Å². The van der Waals surface area contributed by atoms with Crippen LogP contribution < -0.4 is 10.5 Å². The summed E-state index contributed by atoms with van der Waals surface area (Å²) >= 11 is 6.20. The Bertz CT molecular complexity index is 529. The molecule has 1 heterocycles. The molecule has 1 atom stereocenters. The van der Waals surface area contributed by atoms with Crippen LogP contribution in [-0.4, -0.2) is 24.1 Å². The highest BCUT2D eigenvalue weighted by atomic mass is 35.5. The van der Waals surface area contributed by atoms with Gasteiger partial charge in [0.25, 0.3) is 0 Å². The maximum Gasteiger partial charge on any atom is 0.138 e. The van der Waals surface area contributed by atoms with E-state index < -0.39 is 0 Å². The van der Waals surface area contributed by atoms with Gasteiger partial charge >= 0.3 is 0 Å². The van der Waals surface area contributed by atoms with Crippen molar-refractivity contribution in [3.63, 3.8) is 0 Å². The summed E-state index contributed by atoms with van der Waals surface area (Å²) in [6.07, 6.45) is 5.53. The van der Waals surface area contributed by atoms with E-state index in [9.17, 15) is 0 Å². The molecular weight excluding hydrogens is 276 g/mol. The number of rotatable bonds is 3. The fourth-order valence-electron chi connectivity index (χ4n) is 2.95. The normalized spacial score (nSPS) is 24.1. The zero-order valence-electron chi connectivity index (χ0n) is 11.3. The topological polar surface area (TPSA) is 68.3 Å². The molecule has 0 radical (unpaired) electrons. The number of hydrogen-bond donors (Lipinski definition) is 2. The first-order valence-corrected chi connectivity index (χ1v) is 7.40. The molecule has 1 spiro atoms. The number of amidine groups is 1. The molecule has 2 aliphatic rings. The predicted octanol–water partition coefficient (Wildman–Crippen LogP) is 3.10. The van der Waals surface area contributed by atoms with Gasteiger partial charge in [-0.1, -0.05) is 11.6 Å². The second kappa shape index (κ2) is 5.26. The minimum atomic E-state index is 0.0120. The van der Waals surface area contributed by atoms with Gasteiger partial charge in [0.05, 0.1) is 17.2 Å². The van der Waals surface area contributed by atoms with E-state index in [2.05, 4.69) is 0 Å². The van der Waals surface area contributed by atoms with E-state index in [0.717, 1.165) is 32.3 Å².